The van der Waals surface area contributed by atoms with Gasteiger partial charge in [-0.3, -0.25) is 0 Å². The Bertz CT molecular complexity index is 2550. The van der Waals surface area contributed by atoms with Gasteiger partial charge in [0.25, 0.3) is 0 Å². The standard InChI is InChI=1S/C25H16O.C15H15N.C7H9N/c1-15-14-21-18-10-3-2-8-16(18)17-9-4-5-11-19(17)24(21)25-23(15)20-12-6-7-13-22(20)26-25;16-15(14-9-5-2-6-10-14)12-11-13-7-3-1-4-8-13;8-6-7-4-2-1-3-5-7/h2-14H,1H3;1-10,12H,11,16H2;1-5H,6,8H2/b;15-12-;. The predicted molar refractivity (Wildman–Crippen MR) is 214 cm³/mol. The number of rotatable bonds is 4. The van der Waals surface area contributed by atoms with Crippen LogP contribution in [0.5, 0.6) is 0 Å². The fourth-order valence-electron chi connectivity index (χ4n) is 6.67. The molecule has 4 N–H and O–H groups in total. The molecule has 0 spiro atoms. The normalized spacial score (nSPS) is 11.4. The van der Waals surface area contributed by atoms with Gasteiger partial charge < -0.3 is 15.9 Å². The van der Waals surface area contributed by atoms with Crippen molar-refractivity contribution >= 4 is 60.0 Å². The molecular weight excluding hydrogens is 609 g/mol. The average molecular weight is 649 g/mol. The summed E-state index contributed by atoms with van der Waals surface area (Å²) in [6.07, 6.45) is 2.94. The van der Waals surface area contributed by atoms with E-state index in [2.05, 4.69) is 97.9 Å². The molecule has 0 atom stereocenters. The van der Waals surface area contributed by atoms with Crippen molar-refractivity contribution in [3.8, 4) is 0 Å². The maximum Gasteiger partial charge on any atom is 0.144 e. The lowest BCUT2D eigenvalue weighted by molar-refractivity contribution is 0.673. The zero-order valence-corrected chi connectivity index (χ0v) is 28.2. The van der Waals surface area contributed by atoms with Crippen molar-refractivity contribution < 1.29 is 4.42 Å². The largest absolute Gasteiger partial charge is 0.455 e. The molecule has 0 bridgehead atoms. The molecule has 8 aromatic carbocycles. The maximum atomic E-state index is 6.40. The van der Waals surface area contributed by atoms with E-state index in [0.29, 0.717) is 6.54 Å². The molecule has 0 fully saturated rings. The van der Waals surface area contributed by atoms with Crippen molar-refractivity contribution in [3.63, 3.8) is 0 Å². The van der Waals surface area contributed by atoms with Crippen LogP contribution in [0.4, 0.5) is 0 Å². The third kappa shape index (κ3) is 6.73. The number of allylic oxidation sites excluding steroid dienone is 1. The lowest BCUT2D eigenvalue weighted by atomic mass is 9.91. The summed E-state index contributed by atoms with van der Waals surface area (Å²) in [4.78, 5) is 0. The molecule has 0 aliphatic carbocycles. The first kappa shape index (κ1) is 32.4. The number of hydrogen-bond donors (Lipinski definition) is 2. The Hall–Kier alpha value is -6.16. The molecule has 0 aliphatic heterocycles. The Morgan fingerprint density at radius 3 is 1.60 bits per heavy atom. The molecule has 0 unspecified atom stereocenters. The van der Waals surface area contributed by atoms with Gasteiger partial charge in [0.05, 0.1) is 0 Å². The molecule has 1 aromatic heterocycles. The number of furan rings is 1. The fourth-order valence-corrected chi connectivity index (χ4v) is 6.67. The highest BCUT2D eigenvalue weighted by Crippen LogP contribution is 2.43. The molecule has 3 heteroatoms. The lowest BCUT2D eigenvalue weighted by Gasteiger charge is -2.11. The highest BCUT2D eigenvalue weighted by molar-refractivity contribution is 6.32. The molecule has 0 saturated heterocycles. The zero-order chi connectivity index (χ0) is 34.3. The van der Waals surface area contributed by atoms with Gasteiger partial charge in [-0.1, -0.05) is 164 Å². The van der Waals surface area contributed by atoms with Crippen LogP contribution in [0.25, 0.3) is 60.0 Å². The number of benzene rings is 8. The van der Waals surface area contributed by atoms with Crippen LogP contribution in [0.1, 0.15) is 22.3 Å². The minimum Gasteiger partial charge on any atom is -0.455 e. The monoisotopic (exact) mass is 648 g/mol. The number of hydrogen-bond acceptors (Lipinski definition) is 3. The van der Waals surface area contributed by atoms with E-state index in [1.54, 1.807) is 0 Å². The summed E-state index contributed by atoms with van der Waals surface area (Å²) in [6.45, 7) is 2.83. The Labute approximate surface area is 293 Å². The van der Waals surface area contributed by atoms with Crippen LogP contribution >= 0.6 is 0 Å². The highest BCUT2D eigenvalue weighted by Gasteiger charge is 2.17. The van der Waals surface area contributed by atoms with Crippen molar-refractivity contribution in [1.82, 2.24) is 0 Å². The van der Waals surface area contributed by atoms with Crippen LogP contribution in [-0.4, -0.2) is 0 Å². The second-order valence-corrected chi connectivity index (χ2v) is 12.4. The Morgan fingerprint density at radius 1 is 0.520 bits per heavy atom. The first-order valence-corrected chi connectivity index (χ1v) is 17.1. The molecule has 0 amide bonds. The zero-order valence-electron chi connectivity index (χ0n) is 28.2. The van der Waals surface area contributed by atoms with Crippen LogP contribution in [0.15, 0.2) is 180 Å². The van der Waals surface area contributed by atoms with Crippen molar-refractivity contribution in [2.45, 2.75) is 19.9 Å². The Morgan fingerprint density at radius 2 is 1.00 bits per heavy atom. The summed E-state index contributed by atoms with van der Waals surface area (Å²) in [7, 11) is 0. The second-order valence-electron chi connectivity index (χ2n) is 12.4. The predicted octanol–water partition coefficient (Wildman–Crippen LogP) is 11.7. The Kier molecular flexibility index (Phi) is 9.68. The molecule has 0 radical (unpaired) electrons. The molecule has 3 nitrogen and oxygen atoms in total. The number of para-hydroxylation sites is 1. The minimum atomic E-state index is 0.640. The van der Waals surface area contributed by atoms with Crippen molar-refractivity contribution in [1.29, 1.82) is 0 Å². The van der Waals surface area contributed by atoms with Crippen LogP contribution < -0.4 is 11.5 Å². The smallest absolute Gasteiger partial charge is 0.144 e. The van der Waals surface area contributed by atoms with E-state index in [1.165, 1.54) is 59.8 Å². The number of aryl methyl sites for hydroxylation is 1. The van der Waals surface area contributed by atoms with E-state index < -0.39 is 0 Å². The number of nitrogens with two attached hydrogens (primary N) is 2. The van der Waals surface area contributed by atoms with E-state index in [9.17, 15) is 0 Å². The van der Waals surface area contributed by atoms with Gasteiger partial charge in [0, 0.05) is 28.4 Å². The van der Waals surface area contributed by atoms with Gasteiger partial charge in [0.1, 0.15) is 11.2 Å². The summed E-state index contributed by atoms with van der Waals surface area (Å²) in [5, 5.41) is 10.0. The summed E-state index contributed by atoms with van der Waals surface area (Å²) < 4.78 is 6.40. The molecule has 0 aliphatic rings. The molecular formula is C47H40N2O. The van der Waals surface area contributed by atoms with E-state index >= 15 is 0 Å². The fraction of sp³-hybridized carbons (Fsp3) is 0.0638. The van der Waals surface area contributed by atoms with Gasteiger partial charge in [-0.15, -0.1) is 0 Å². The topological polar surface area (TPSA) is 65.2 Å². The molecule has 50 heavy (non-hydrogen) atoms. The third-order valence-electron chi connectivity index (χ3n) is 9.14. The molecule has 9 rings (SSSR count). The maximum absolute atomic E-state index is 6.40. The molecule has 244 valence electrons. The second kappa shape index (κ2) is 14.9. The SMILES string of the molecule is Cc1cc2c3ccccc3c3ccccc3c2c2oc3ccccc3c12.N/C(=C\Cc1ccccc1)c1ccccc1.NCc1ccccc1. The van der Waals surface area contributed by atoms with E-state index in [0.717, 1.165) is 28.8 Å². The van der Waals surface area contributed by atoms with Gasteiger partial charge in [0.15, 0.2) is 0 Å². The van der Waals surface area contributed by atoms with Crippen LogP contribution in [0, 0.1) is 6.92 Å². The van der Waals surface area contributed by atoms with E-state index in [1.807, 2.05) is 84.9 Å². The lowest BCUT2D eigenvalue weighted by Crippen LogP contribution is -1.96. The minimum absolute atomic E-state index is 0.640. The van der Waals surface area contributed by atoms with Gasteiger partial charge in [-0.25, -0.2) is 0 Å². The third-order valence-corrected chi connectivity index (χ3v) is 9.14. The highest BCUT2D eigenvalue weighted by atomic mass is 16.3. The van der Waals surface area contributed by atoms with Crippen molar-refractivity contribution in [2.24, 2.45) is 11.5 Å². The molecule has 9 aromatic rings. The van der Waals surface area contributed by atoms with E-state index in [-0.39, 0.29) is 0 Å². The van der Waals surface area contributed by atoms with E-state index in [4.69, 9.17) is 15.9 Å². The summed E-state index contributed by atoms with van der Waals surface area (Å²) in [5.74, 6) is 0. The summed E-state index contributed by atoms with van der Waals surface area (Å²) >= 11 is 0. The van der Waals surface area contributed by atoms with Crippen molar-refractivity contribution in [3.05, 3.63) is 198 Å². The van der Waals surface area contributed by atoms with Gasteiger partial charge in [0.2, 0.25) is 0 Å². The molecule has 1 heterocycles. The summed E-state index contributed by atoms with van der Waals surface area (Å²) in [5.41, 5.74) is 19.0. The first-order valence-electron chi connectivity index (χ1n) is 17.1. The quantitative estimate of drug-likeness (QED) is 0.187. The van der Waals surface area contributed by atoms with Gasteiger partial charge >= 0.3 is 0 Å². The van der Waals surface area contributed by atoms with Crippen LogP contribution in [0.2, 0.25) is 0 Å². The Balaban J connectivity index is 0.000000139. The average Bonchev–Trinajstić information content (AvgIpc) is 3.59. The van der Waals surface area contributed by atoms with Crippen LogP contribution in [0.3, 0.4) is 0 Å². The van der Waals surface area contributed by atoms with Gasteiger partial charge in [-0.2, -0.15) is 0 Å². The van der Waals surface area contributed by atoms with Crippen molar-refractivity contribution in [2.75, 3.05) is 0 Å². The van der Waals surface area contributed by atoms with Gasteiger partial charge in [-0.05, 0) is 74.7 Å². The molecule has 0 saturated carbocycles. The number of fused-ring (bicyclic) bond motifs is 10. The first-order chi connectivity index (χ1) is 24.6. The summed E-state index contributed by atoms with van der Waals surface area (Å²) in [6, 6.07) is 58.3. The van der Waals surface area contributed by atoms with Crippen LogP contribution in [-0.2, 0) is 13.0 Å².